The molecular formula is C15H16N4O4. The summed E-state index contributed by atoms with van der Waals surface area (Å²) in [6.45, 7) is 0. The number of hydrogen-bond donors (Lipinski definition) is 4. The highest BCUT2D eigenvalue weighted by atomic mass is 16.5. The van der Waals surface area contributed by atoms with Gasteiger partial charge in [-0.25, -0.2) is 14.8 Å². The molecule has 2 unspecified atom stereocenters. The van der Waals surface area contributed by atoms with Gasteiger partial charge in [0.1, 0.15) is 11.5 Å². The first-order chi connectivity index (χ1) is 11.1. The molecule has 2 aromatic rings. The minimum atomic E-state index is -1.28. The van der Waals surface area contributed by atoms with Gasteiger partial charge in [-0.3, -0.25) is 0 Å². The summed E-state index contributed by atoms with van der Waals surface area (Å²) in [6, 6.07) is 9.54. The molecule has 0 saturated heterocycles. The van der Waals surface area contributed by atoms with Crippen LogP contribution in [0.5, 0.6) is 0 Å². The van der Waals surface area contributed by atoms with Crippen molar-refractivity contribution in [3.05, 3.63) is 47.4 Å². The van der Waals surface area contributed by atoms with Crippen molar-refractivity contribution in [1.29, 1.82) is 0 Å². The maximum absolute atomic E-state index is 12.0. The minimum Gasteiger partial charge on any atom is -0.464 e. The molecule has 0 amide bonds. The molecule has 2 heterocycles. The first-order valence-corrected chi connectivity index (χ1v) is 7.01. The van der Waals surface area contributed by atoms with Crippen molar-refractivity contribution in [3.8, 4) is 0 Å². The number of rotatable bonds is 3. The van der Waals surface area contributed by atoms with Gasteiger partial charge >= 0.3 is 5.97 Å². The lowest BCUT2D eigenvalue weighted by Crippen LogP contribution is -2.44. The van der Waals surface area contributed by atoms with Crippen LogP contribution in [0.1, 0.15) is 21.9 Å². The third kappa shape index (κ3) is 3.08. The molecule has 3 rings (SSSR count). The van der Waals surface area contributed by atoms with Crippen molar-refractivity contribution in [2.45, 2.75) is 18.9 Å². The Kier molecular flexibility index (Phi) is 4.09. The Bertz CT molecular complexity index is 723. The number of esters is 1. The Hall–Kier alpha value is -2.71. The molecule has 0 radical (unpaired) electrons. The molecule has 4 N–H and O–H groups in total. The van der Waals surface area contributed by atoms with Gasteiger partial charge < -0.3 is 25.6 Å². The number of nitrogens with zero attached hydrogens (tertiary/aromatic N) is 2. The topological polar surface area (TPSA) is 117 Å². The summed E-state index contributed by atoms with van der Waals surface area (Å²) in [7, 11) is 1.25. The number of anilines is 2. The molecule has 120 valence electrons. The van der Waals surface area contributed by atoms with Crippen molar-refractivity contribution < 1.29 is 19.7 Å². The highest BCUT2D eigenvalue weighted by molar-refractivity contribution is 5.96. The molecule has 1 aromatic carbocycles. The van der Waals surface area contributed by atoms with E-state index in [4.69, 9.17) is 4.74 Å². The first kappa shape index (κ1) is 15.2. The number of methoxy groups -OCH3 is 1. The third-order valence-electron chi connectivity index (χ3n) is 3.42. The van der Waals surface area contributed by atoms with E-state index in [1.807, 2.05) is 30.3 Å². The van der Waals surface area contributed by atoms with Gasteiger partial charge in [0, 0.05) is 6.42 Å². The van der Waals surface area contributed by atoms with E-state index in [9.17, 15) is 15.0 Å². The Morgan fingerprint density at radius 2 is 1.87 bits per heavy atom. The Labute approximate surface area is 132 Å². The number of carbonyl (C=O) groups is 1. The summed E-state index contributed by atoms with van der Waals surface area (Å²) in [5.74, 6) is -0.0202. The number of carbonyl (C=O) groups excluding carboxylic acids is 1. The molecule has 0 aliphatic carbocycles. The molecule has 0 spiro atoms. The predicted octanol–water partition coefficient (Wildman–Crippen LogP) is 0.328. The van der Waals surface area contributed by atoms with Gasteiger partial charge in [0.05, 0.1) is 7.11 Å². The highest BCUT2D eigenvalue weighted by Gasteiger charge is 2.30. The van der Waals surface area contributed by atoms with Gasteiger partial charge in [-0.15, -0.1) is 0 Å². The SMILES string of the molecule is COC(=O)c1nc(Cc2ccccc2)nc2c1NC(O)C(O)N2. The summed E-state index contributed by atoms with van der Waals surface area (Å²) in [5, 5.41) is 24.6. The fourth-order valence-corrected chi connectivity index (χ4v) is 2.30. The number of aliphatic hydroxyl groups is 2. The van der Waals surface area contributed by atoms with Crippen molar-refractivity contribution in [3.63, 3.8) is 0 Å². The smallest absolute Gasteiger partial charge is 0.359 e. The molecule has 1 aliphatic heterocycles. The van der Waals surface area contributed by atoms with E-state index < -0.39 is 18.4 Å². The van der Waals surface area contributed by atoms with Crippen LogP contribution in [0.15, 0.2) is 30.3 Å². The van der Waals surface area contributed by atoms with Crippen molar-refractivity contribution in [2.24, 2.45) is 0 Å². The zero-order chi connectivity index (χ0) is 16.4. The molecule has 0 bridgehead atoms. The molecular weight excluding hydrogens is 300 g/mol. The van der Waals surface area contributed by atoms with Gasteiger partial charge in [0.2, 0.25) is 0 Å². The molecule has 0 saturated carbocycles. The van der Waals surface area contributed by atoms with Gasteiger partial charge in [0.25, 0.3) is 0 Å². The van der Waals surface area contributed by atoms with Gasteiger partial charge in [0.15, 0.2) is 24.0 Å². The zero-order valence-corrected chi connectivity index (χ0v) is 12.4. The fourth-order valence-electron chi connectivity index (χ4n) is 2.30. The van der Waals surface area contributed by atoms with E-state index >= 15 is 0 Å². The van der Waals surface area contributed by atoms with E-state index in [1.165, 1.54) is 7.11 Å². The van der Waals surface area contributed by atoms with Crippen LogP contribution in [0.3, 0.4) is 0 Å². The van der Waals surface area contributed by atoms with Gasteiger partial charge in [-0.2, -0.15) is 0 Å². The second kappa shape index (κ2) is 6.19. The summed E-state index contributed by atoms with van der Waals surface area (Å²) in [5.41, 5.74) is 1.18. The molecule has 0 fully saturated rings. The number of hydrogen-bond acceptors (Lipinski definition) is 8. The Morgan fingerprint density at radius 3 is 2.57 bits per heavy atom. The number of aliphatic hydroxyl groups excluding tert-OH is 2. The van der Waals surface area contributed by atoms with Crippen LogP contribution in [-0.4, -0.2) is 45.7 Å². The van der Waals surface area contributed by atoms with E-state index in [0.29, 0.717) is 12.2 Å². The minimum absolute atomic E-state index is 0.00174. The van der Waals surface area contributed by atoms with Crippen LogP contribution in [0.25, 0.3) is 0 Å². The van der Waals surface area contributed by atoms with E-state index in [1.54, 1.807) is 0 Å². The average molecular weight is 316 g/mol. The summed E-state index contributed by atoms with van der Waals surface area (Å²) >= 11 is 0. The lowest BCUT2D eigenvalue weighted by molar-refractivity contribution is 0.0511. The summed E-state index contributed by atoms with van der Waals surface area (Å²) < 4.78 is 4.73. The Morgan fingerprint density at radius 1 is 1.17 bits per heavy atom. The van der Waals surface area contributed by atoms with Crippen molar-refractivity contribution in [1.82, 2.24) is 9.97 Å². The average Bonchev–Trinajstić information content (AvgIpc) is 2.56. The predicted molar refractivity (Wildman–Crippen MR) is 81.9 cm³/mol. The molecule has 8 nitrogen and oxygen atoms in total. The van der Waals surface area contributed by atoms with Crippen LogP contribution in [0.4, 0.5) is 11.5 Å². The quantitative estimate of drug-likeness (QED) is 0.599. The molecule has 1 aliphatic rings. The second-order valence-corrected chi connectivity index (χ2v) is 5.04. The number of aromatic nitrogens is 2. The number of ether oxygens (including phenoxy) is 1. The van der Waals surface area contributed by atoms with Crippen LogP contribution in [0, 0.1) is 0 Å². The third-order valence-corrected chi connectivity index (χ3v) is 3.42. The van der Waals surface area contributed by atoms with E-state index in [0.717, 1.165) is 5.56 Å². The van der Waals surface area contributed by atoms with Crippen LogP contribution >= 0.6 is 0 Å². The Balaban J connectivity index is 2.02. The number of benzene rings is 1. The van der Waals surface area contributed by atoms with Gasteiger partial charge in [-0.05, 0) is 5.56 Å². The zero-order valence-electron chi connectivity index (χ0n) is 12.4. The maximum Gasteiger partial charge on any atom is 0.359 e. The van der Waals surface area contributed by atoms with E-state index in [-0.39, 0.29) is 17.2 Å². The first-order valence-electron chi connectivity index (χ1n) is 7.01. The lowest BCUT2D eigenvalue weighted by atomic mass is 10.1. The number of nitrogens with one attached hydrogen (secondary N) is 2. The molecule has 2 atom stereocenters. The normalized spacial score (nSPS) is 19.3. The largest absolute Gasteiger partial charge is 0.464 e. The van der Waals surface area contributed by atoms with Crippen molar-refractivity contribution >= 4 is 17.5 Å². The van der Waals surface area contributed by atoms with Crippen LogP contribution in [-0.2, 0) is 11.2 Å². The monoisotopic (exact) mass is 316 g/mol. The standard InChI is InChI=1S/C15H16N4O4/c1-23-15(22)11-10-12(19-14(21)13(20)18-10)17-9(16-11)7-8-5-3-2-4-6-8/h2-6,13-14,18,20-21H,7H2,1H3,(H,16,17,19). The maximum atomic E-state index is 12.0. The van der Waals surface area contributed by atoms with Crippen molar-refractivity contribution in [2.75, 3.05) is 17.7 Å². The van der Waals surface area contributed by atoms with E-state index in [2.05, 4.69) is 20.6 Å². The fraction of sp³-hybridized carbons (Fsp3) is 0.267. The lowest BCUT2D eigenvalue weighted by Gasteiger charge is -2.29. The highest BCUT2D eigenvalue weighted by Crippen LogP contribution is 2.29. The van der Waals surface area contributed by atoms with Crippen LogP contribution in [0.2, 0.25) is 0 Å². The molecule has 1 aromatic heterocycles. The van der Waals surface area contributed by atoms with Gasteiger partial charge in [-0.1, -0.05) is 30.3 Å². The van der Waals surface area contributed by atoms with Crippen LogP contribution < -0.4 is 10.6 Å². The second-order valence-electron chi connectivity index (χ2n) is 5.04. The molecule has 8 heteroatoms. The summed E-state index contributed by atoms with van der Waals surface area (Å²) in [4.78, 5) is 20.5. The molecule has 23 heavy (non-hydrogen) atoms. The number of fused-ring (bicyclic) bond motifs is 1. The summed E-state index contributed by atoms with van der Waals surface area (Å²) in [6.07, 6.45) is -2.11.